The first-order valence-corrected chi connectivity index (χ1v) is 15.2. The minimum Gasteiger partial charge on any atom is -0.437 e. The molecular formula is C28H30N6O3S2. The molecule has 2 aromatic carbocycles. The van der Waals surface area contributed by atoms with Crippen molar-refractivity contribution in [3.63, 3.8) is 0 Å². The molecule has 4 N–H and O–H groups in total. The number of benzene rings is 2. The quantitative estimate of drug-likeness (QED) is 0.268. The van der Waals surface area contributed by atoms with Gasteiger partial charge < -0.3 is 15.4 Å². The van der Waals surface area contributed by atoms with Crippen molar-refractivity contribution in [2.24, 2.45) is 5.14 Å². The van der Waals surface area contributed by atoms with Gasteiger partial charge in [0.1, 0.15) is 10.4 Å². The van der Waals surface area contributed by atoms with Crippen molar-refractivity contribution in [2.45, 2.75) is 63.1 Å². The molecule has 1 aliphatic rings. The number of anilines is 1. The Balaban J connectivity index is 1.21. The molecule has 0 bridgehead atoms. The fourth-order valence-electron chi connectivity index (χ4n) is 4.93. The smallest absolute Gasteiger partial charge is 0.242 e. The normalized spacial score (nSPS) is 17.6. The maximum Gasteiger partial charge on any atom is 0.242 e. The lowest BCUT2D eigenvalue weighted by molar-refractivity contribution is 0.352. The molecule has 1 saturated carbocycles. The summed E-state index contributed by atoms with van der Waals surface area (Å²) in [5.74, 6) is 1.77. The van der Waals surface area contributed by atoms with Gasteiger partial charge in [0, 0.05) is 18.6 Å². The number of nitriles is 1. The highest BCUT2D eigenvalue weighted by Crippen LogP contribution is 2.36. The van der Waals surface area contributed by atoms with Crippen LogP contribution >= 0.6 is 11.3 Å². The van der Waals surface area contributed by atoms with E-state index in [0.717, 1.165) is 52.6 Å². The van der Waals surface area contributed by atoms with Crippen LogP contribution in [0.3, 0.4) is 0 Å². The van der Waals surface area contributed by atoms with Crippen LogP contribution in [0, 0.1) is 25.2 Å². The first kappa shape index (κ1) is 27.0. The van der Waals surface area contributed by atoms with E-state index in [9.17, 15) is 13.7 Å². The van der Waals surface area contributed by atoms with Crippen LogP contribution < -0.4 is 20.5 Å². The van der Waals surface area contributed by atoms with E-state index in [2.05, 4.69) is 16.7 Å². The maximum atomic E-state index is 11.4. The highest BCUT2D eigenvalue weighted by molar-refractivity contribution is 7.89. The van der Waals surface area contributed by atoms with E-state index < -0.39 is 10.0 Å². The molecule has 11 heteroatoms. The van der Waals surface area contributed by atoms with Gasteiger partial charge in [-0.1, -0.05) is 12.1 Å². The summed E-state index contributed by atoms with van der Waals surface area (Å²) in [7, 11) is -3.68. The number of nitrogens with zero attached hydrogens (tertiary/aromatic N) is 3. The van der Waals surface area contributed by atoms with Gasteiger partial charge in [-0.05, 0) is 91.9 Å². The van der Waals surface area contributed by atoms with E-state index in [4.69, 9.17) is 19.8 Å². The summed E-state index contributed by atoms with van der Waals surface area (Å²) in [4.78, 5) is 9.58. The minimum absolute atomic E-state index is 0.122. The Kier molecular flexibility index (Phi) is 7.81. The van der Waals surface area contributed by atoms with Crippen molar-refractivity contribution in [1.29, 1.82) is 5.26 Å². The standard InChI is InChI=1S/C28H30N6O3S2/c1-17-13-20(15-29)14-18(2)25(17)37-27-26-24(11-12-38-26)33-28(34-27)32-22-7-5-21(6-8-22)31-16-19-3-9-23(10-4-19)39(30,35)36/h3-4,9-14,21-22,31H,5-8,16H2,1-2H3,(H2,30,35,36)(H,32,33,34). The monoisotopic (exact) mass is 562 g/mol. The van der Waals surface area contributed by atoms with E-state index in [0.29, 0.717) is 35.7 Å². The number of ether oxygens (including phenoxy) is 1. The van der Waals surface area contributed by atoms with Crippen molar-refractivity contribution in [1.82, 2.24) is 15.3 Å². The van der Waals surface area contributed by atoms with Gasteiger partial charge >= 0.3 is 0 Å². The Morgan fingerprint density at radius 1 is 1.05 bits per heavy atom. The Bertz CT molecular complexity index is 1610. The van der Waals surface area contributed by atoms with Crippen LogP contribution in [0.4, 0.5) is 5.95 Å². The average molecular weight is 563 g/mol. The van der Waals surface area contributed by atoms with Crippen molar-refractivity contribution in [3.8, 4) is 17.7 Å². The van der Waals surface area contributed by atoms with Crippen LogP contribution in [-0.2, 0) is 16.6 Å². The highest BCUT2D eigenvalue weighted by Gasteiger charge is 2.23. The Hall–Kier alpha value is -3.56. The first-order valence-electron chi connectivity index (χ1n) is 12.8. The Morgan fingerprint density at radius 2 is 1.72 bits per heavy atom. The zero-order valence-electron chi connectivity index (χ0n) is 21.8. The molecular weight excluding hydrogens is 532 g/mol. The van der Waals surface area contributed by atoms with Gasteiger partial charge in [0.05, 0.1) is 22.0 Å². The van der Waals surface area contributed by atoms with Gasteiger partial charge in [-0.15, -0.1) is 11.3 Å². The summed E-state index contributed by atoms with van der Waals surface area (Å²) in [6.07, 6.45) is 3.94. The number of sulfonamides is 1. The number of nitrogens with one attached hydrogen (secondary N) is 2. The van der Waals surface area contributed by atoms with Crippen LogP contribution in [0.2, 0.25) is 0 Å². The lowest BCUT2D eigenvalue weighted by atomic mass is 9.91. The van der Waals surface area contributed by atoms with Crippen molar-refractivity contribution in [2.75, 3.05) is 5.32 Å². The summed E-state index contributed by atoms with van der Waals surface area (Å²) >= 11 is 1.54. The SMILES string of the molecule is Cc1cc(C#N)cc(C)c1Oc1nc(NC2CCC(NCc3ccc(S(N)(=O)=O)cc3)CC2)nc2ccsc12. The third kappa shape index (κ3) is 6.37. The summed E-state index contributed by atoms with van der Waals surface area (Å²) in [5.41, 5.74) is 4.22. The molecule has 202 valence electrons. The second-order valence-corrected chi connectivity index (χ2v) is 12.4. The third-order valence-electron chi connectivity index (χ3n) is 6.97. The molecule has 0 unspecified atom stereocenters. The van der Waals surface area contributed by atoms with E-state index in [-0.39, 0.29) is 10.9 Å². The number of primary sulfonamides is 1. The summed E-state index contributed by atoms with van der Waals surface area (Å²) in [5, 5.41) is 23.5. The van der Waals surface area contributed by atoms with Gasteiger partial charge in [-0.25, -0.2) is 18.5 Å². The van der Waals surface area contributed by atoms with E-state index in [1.807, 2.05) is 37.4 Å². The summed E-state index contributed by atoms with van der Waals surface area (Å²) in [6.45, 7) is 4.53. The fourth-order valence-corrected chi connectivity index (χ4v) is 6.20. The van der Waals surface area contributed by atoms with E-state index in [1.165, 1.54) is 11.3 Å². The molecule has 39 heavy (non-hydrogen) atoms. The van der Waals surface area contributed by atoms with Gasteiger partial charge in [0.25, 0.3) is 0 Å². The molecule has 2 aromatic heterocycles. The third-order valence-corrected chi connectivity index (χ3v) is 8.79. The zero-order chi connectivity index (χ0) is 27.6. The van der Waals surface area contributed by atoms with Gasteiger partial charge in [0.15, 0.2) is 0 Å². The van der Waals surface area contributed by atoms with Crippen LogP contribution in [0.5, 0.6) is 11.6 Å². The lowest BCUT2D eigenvalue weighted by Crippen LogP contribution is -2.36. The largest absolute Gasteiger partial charge is 0.437 e. The number of hydrogen-bond donors (Lipinski definition) is 3. The second kappa shape index (κ2) is 11.3. The van der Waals surface area contributed by atoms with Crippen LogP contribution in [0.25, 0.3) is 10.2 Å². The predicted octanol–water partition coefficient (Wildman–Crippen LogP) is 5.13. The molecule has 5 rings (SSSR count). The van der Waals surface area contributed by atoms with Crippen LogP contribution in [0.15, 0.2) is 52.7 Å². The molecule has 2 heterocycles. The molecule has 0 amide bonds. The van der Waals surface area contributed by atoms with Crippen molar-refractivity contribution < 1.29 is 13.2 Å². The van der Waals surface area contributed by atoms with E-state index >= 15 is 0 Å². The fraction of sp³-hybridized carbons (Fsp3) is 0.321. The molecule has 0 radical (unpaired) electrons. The lowest BCUT2D eigenvalue weighted by Gasteiger charge is -2.30. The molecule has 1 fully saturated rings. The topological polar surface area (TPSA) is 143 Å². The van der Waals surface area contributed by atoms with Gasteiger partial charge in [-0.2, -0.15) is 10.2 Å². The predicted molar refractivity (Wildman–Crippen MR) is 152 cm³/mol. The van der Waals surface area contributed by atoms with Crippen LogP contribution in [-0.4, -0.2) is 30.5 Å². The Labute approximate surface area is 232 Å². The maximum absolute atomic E-state index is 11.4. The molecule has 4 aromatic rings. The van der Waals surface area contributed by atoms with Crippen LogP contribution in [0.1, 0.15) is 47.9 Å². The number of hydrogen-bond acceptors (Lipinski definition) is 9. The summed E-state index contributed by atoms with van der Waals surface area (Å²) < 4.78 is 30.1. The molecule has 9 nitrogen and oxygen atoms in total. The number of aryl methyl sites for hydroxylation is 2. The first-order chi connectivity index (χ1) is 18.7. The highest BCUT2D eigenvalue weighted by atomic mass is 32.2. The number of nitrogens with two attached hydrogens (primary N) is 1. The van der Waals surface area contributed by atoms with Gasteiger partial charge in [0.2, 0.25) is 21.9 Å². The molecule has 0 spiro atoms. The molecule has 0 saturated heterocycles. The van der Waals surface area contributed by atoms with E-state index in [1.54, 1.807) is 24.3 Å². The van der Waals surface area contributed by atoms with Gasteiger partial charge in [-0.3, -0.25) is 0 Å². The number of rotatable bonds is 8. The minimum atomic E-state index is -3.68. The summed E-state index contributed by atoms with van der Waals surface area (Å²) in [6, 6.07) is 15.1. The van der Waals surface area contributed by atoms with Crippen molar-refractivity contribution >= 4 is 37.5 Å². The zero-order valence-corrected chi connectivity index (χ0v) is 23.4. The number of thiophene rings is 1. The molecule has 1 aliphatic carbocycles. The number of aromatic nitrogens is 2. The Morgan fingerprint density at radius 3 is 2.36 bits per heavy atom. The molecule has 0 aliphatic heterocycles. The molecule has 0 atom stereocenters. The average Bonchev–Trinajstić information content (AvgIpc) is 3.39. The number of fused-ring (bicyclic) bond motifs is 1. The second-order valence-electron chi connectivity index (χ2n) is 9.90. The van der Waals surface area contributed by atoms with Crippen molar-refractivity contribution in [3.05, 3.63) is 70.1 Å².